The van der Waals surface area contributed by atoms with Gasteiger partial charge in [-0.1, -0.05) is 30.3 Å². The molecule has 0 unspecified atom stereocenters. The molecule has 0 saturated carbocycles. The molecule has 0 fully saturated rings. The van der Waals surface area contributed by atoms with E-state index in [0.29, 0.717) is 17.0 Å². The Morgan fingerprint density at radius 1 is 1.31 bits per heavy atom. The molecule has 0 aliphatic rings. The van der Waals surface area contributed by atoms with Gasteiger partial charge in [0.15, 0.2) is 5.78 Å². The van der Waals surface area contributed by atoms with Gasteiger partial charge in [-0.05, 0) is 11.6 Å². The van der Waals surface area contributed by atoms with Crippen molar-refractivity contribution in [2.24, 2.45) is 0 Å². The summed E-state index contributed by atoms with van der Waals surface area (Å²) in [6.07, 6.45) is 0. The summed E-state index contributed by atoms with van der Waals surface area (Å²) in [5, 5.41) is 8.99. The highest BCUT2D eigenvalue weighted by molar-refractivity contribution is 5.94. The number of carbonyl (C=O) groups excluding carboxylic acids is 1. The second-order valence-corrected chi connectivity index (χ2v) is 3.51. The molecule has 1 aromatic heterocycles. The van der Waals surface area contributed by atoms with Crippen LogP contribution >= 0.6 is 0 Å². The van der Waals surface area contributed by atoms with Crippen LogP contribution in [0.4, 0.5) is 0 Å². The number of hydrogen-bond acceptors (Lipinski definition) is 2. The van der Waals surface area contributed by atoms with Crippen LogP contribution in [0, 0.1) is 11.3 Å². The monoisotopic (exact) mass is 210 g/mol. The zero-order chi connectivity index (χ0) is 11.5. The predicted molar refractivity (Wildman–Crippen MR) is 60.9 cm³/mol. The normalized spacial score (nSPS) is 9.75. The highest BCUT2D eigenvalue weighted by atomic mass is 16.1. The van der Waals surface area contributed by atoms with Crippen LogP contribution in [0.5, 0.6) is 0 Å². The highest BCUT2D eigenvalue weighted by Crippen LogP contribution is 2.23. The molecule has 2 rings (SSSR count). The van der Waals surface area contributed by atoms with Gasteiger partial charge in [0, 0.05) is 6.92 Å². The van der Waals surface area contributed by atoms with Gasteiger partial charge < -0.3 is 4.98 Å². The van der Waals surface area contributed by atoms with Crippen molar-refractivity contribution in [1.29, 1.82) is 5.26 Å². The van der Waals surface area contributed by atoms with Gasteiger partial charge in [0.25, 0.3) is 0 Å². The summed E-state index contributed by atoms with van der Waals surface area (Å²) in [7, 11) is 0. The maximum atomic E-state index is 11.2. The number of aromatic nitrogens is 1. The Labute approximate surface area is 93.3 Å². The zero-order valence-electron chi connectivity index (χ0n) is 8.82. The second kappa shape index (κ2) is 4.03. The number of ketones is 1. The SMILES string of the molecule is CC(=O)c1cc(C#N)c(-c2ccccc2)[nH]1. The van der Waals surface area contributed by atoms with Crippen LogP contribution < -0.4 is 0 Å². The molecule has 0 saturated heterocycles. The van der Waals surface area contributed by atoms with E-state index in [0.717, 1.165) is 5.56 Å². The number of aromatic amines is 1. The average Bonchev–Trinajstić information content (AvgIpc) is 2.74. The Balaban J connectivity index is 2.57. The topological polar surface area (TPSA) is 56.6 Å². The van der Waals surface area contributed by atoms with Crippen molar-refractivity contribution >= 4 is 5.78 Å². The summed E-state index contributed by atoms with van der Waals surface area (Å²) >= 11 is 0. The van der Waals surface area contributed by atoms with Crippen molar-refractivity contribution < 1.29 is 4.79 Å². The first-order valence-electron chi connectivity index (χ1n) is 4.92. The quantitative estimate of drug-likeness (QED) is 0.775. The predicted octanol–water partition coefficient (Wildman–Crippen LogP) is 2.76. The molecule has 0 atom stereocenters. The first-order chi connectivity index (χ1) is 7.72. The molecular formula is C13H10N2O. The Hall–Kier alpha value is -2.34. The van der Waals surface area contributed by atoms with Crippen LogP contribution in [-0.4, -0.2) is 10.8 Å². The fraction of sp³-hybridized carbons (Fsp3) is 0.0769. The maximum absolute atomic E-state index is 11.2. The van der Waals surface area contributed by atoms with E-state index in [-0.39, 0.29) is 5.78 Å². The number of H-pyrrole nitrogens is 1. The standard InChI is InChI=1S/C13H10N2O/c1-9(16)12-7-11(8-14)13(15-12)10-5-3-2-4-6-10/h2-7,15H,1H3. The zero-order valence-corrected chi connectivity index (χ0v) is 8.82. The largest absolute Gasteiger partial charge is 0.351 e. The van der Waals surface area contributed by atoms with Crippen molar-refractivity contribution in [3.05, 3.63) is 47.7 Å². The molecule has 3 nitrogen and oxygen atoms in total. The Morgan fingerprint density at radius 2 is 2.00 bits per heavy atom. The minimum atomic E-state index is -0.0707. The Bertz CT molecular complexity index is 561. The van der Waals surface area contributed by atoms with E-state index in [4.69, 9.17) is 5.26 Å². The van der Waals surface area contributed by atoms with Gasteiger partial charge in [-0.2, -0.15) is 5.26 Å². The number of benzene rings is 1. The fourth-order valence-corrected chi connectivity index (χ4v) is 1.56. The van der Waals surface area contributed by atoms with Gasteiger partial charge in [0.1, 0.15) is 6.07 Å². The van der Waals surface area contributed by atoms with Crippen LogP contribution in [0.2, 0.25) is 0 Å². The lowest BCUT2D eigenvalue weighted by Gasteiger charge is -1.97. The van der Waals surface area contributed by atoms with Crippen LogP contribution in [0.3, 0.4) is 0 Å². The number of Topliss-reactive ketones (excluding diaryl/α,β-unsaturated/α-hetero) is 1. The highest BCUT2D eigenvalue weighted by Gasteiger charge is 2.11. The summed E-state index contributed by atoms with van der Waals surface area (Å²) < 4.78 is 0. The minimum absolute atomic E-state index is 0.0707. The van der Waals surface area contributed by atoms with Crippen molar-refractivity contribution in [2.75, 3.05) is 0 Å². The molecule has 2 aromatic rings. The molecule has 1 N–H and O–H groups in total. The van der Waals surface area contributed by atoms with E-state index in [1.165, 1.54) is 6.92 Å². The number of nitriles is 1. The molecule has 0 spiro atoms. The van der Waals surface area contributed by atoms with Crippen molar-refractivity contribution in [3.8, 4) is 17.3 Å². The van der Waals surface area contributed by atoms with E-state index in [9.17, 15) is 4.79 Å². The van der Waals surface area contributed by atoms with Crippen LogP contribution in [0.15, 0.2) is 36.4 Å². The average molecular weight is 210 g/mol. The van der Waals surface area contributed by atoms with Gasteiger partial charge in [0.2, 0.25) is 0 Å². The van der Waals surface area contributed by atoms with Gasteiger partial charge in [-0.15, -0.1) is 0 Å². The third kappa shape index (κ3) is 1.73. The van der Waals surface area contributed by atoms with Gasteiger partial charge in [0.05, 0.1) is 17.0 Å². The lowest BCUT2D eigenvalue weighted by atomic mass is 10.1. The third-order valence-electron chi connectivity index (χ3n) is 2.38. The van der Waals surface area contributed by atoms with E-state index >= 15 is 0 Å². The van der Waals surface area contributed by atoms with Crippen LogP contribution in [0.1, 0.15) is 23.0 Å². The molecule has 0 aliphatic heterocycles. The van der Waals surface area contributed by atoms with Gasteiger partial charge in [-0.3, -0.25) is 4.79 Å². The van der Waals surface area contributed by atoms with E-state index in [1.54, 1.807) is 6.07 Å². The van der Waals surface area contributed by atoms with Crippen LogP contribution in [0.25, 0.3) is 11.3 Å². The summed E-state index contributed by atoms with van der Waals surface area (Å²) in [6.45, 7) is 1.47. The first kappa shape index (κ1) is 10.2. The van der Waals surface area contributed by atoms with Crippen molar-refractivity contribution in [3.63, 3.8) is 0 Å². The van der Waals surface area contributed by atoms with E-state index in [2.05, 4.69) is 11.1 Å². The lowest BCUT2D eigenvalue weighted by Crippen LogP contribution is -1.90. The summed E-state index contributed by atoms with van der Waals surface area (Å²) in [5.41, 5.74) is 2.58. The molecule has 16 heavy (non-hydrogen) atoms. The van der Waals surface area contributed by atoms with E-state index < -0.39 is 0 Å². The number of carbonyl (C=O) groups is 1. The first-order valence-corrected chi connectivity index (χ1v) is 4.92. The Morgan fingerprint density at radius 3 is 2.56 bits per heavy atom. The smallest absolute Gasteiger partial charge is 0.175 e. The lowest BCUT2D eigenvalue weighted by molar-refractivity contribution is 0.101. The third-order valence-corrected chi connectivity index (χ3v) is 2.38. The van der Waals surface area contributed by atoms with Crippen molar-refractivity contribution in [1.82, 2.24) is 4.98 Å². The number of nitrogens with zero attached hydrogens (tertiary/aromatic N) is 1. The summed E-state index contributed by atoms with van der Waals surface area (Å²) in [4.78, 5) is 14.2. The molecule has 1 aromatic carbocycles. The molecule has 1 heterocycles. The number of nitrogens with one attached hydrogen (secondary N) is 1. The fourth-order valence-electron chi connectivity index (χ4n) is 1.56. The van der Waals surface area contributed by atoms with Gasteiger partial charge >= 0.3 is 0 Å². The Kier molecular flexibility index (Phi) is 2.57. The second-order valence-electron chi connectivity index (χ2n) is 3.51. The van der Waals surface area contributed by atoms with Gasteiger partial charge in [-0.25, -0.2) is 0 Å². The molecule has 0 bridgehead atoms. The molecule has 0 amide bonds. The van der Waals surface area contributed by atoms with Crippen LogP contribution in [-0.2, 0) is 0 Å². The summed E-state index contributed by atoms with van der Waals surface area (Å²) in [6, 6.07) is 13.2. The maximum Gasteiger partial charge on any atom is 0.175 e. The molecule has 0 radical (unpaired) electrons. The molecule has 3 heteroatoms. The number of hydrogen-bond donors (Lipinski definition) is 1. The summed E-state index contributed by atoms with van der Waals surface area (Å²) in [5.74, 6) is -0.0707. The number of rotatable bonds is 2. The molecule has 0 aliphatic carbocycles. The van der Waals surface area contributed by atoms with Crippen molar-refractivity contribution in [2.45, 2.75) is 6.92 Å². The van der Waals surface area contributed by atoms with E-state index in [1.807, 2.05) is 30.3 Å². The minimum Gasteiger partial charge on any atom is -0.351 e. The molecule has 78 valence electrons. The molecular weight excluding hydrogens is 200 g/mol.